The number of hydrogen-bond acceptors (Lipinski definition) is 4. The van der Waals surface area contributed by atoms with Gasteiger partial charge in [-0.25, -0.2) is 9.59 Å². The van der Waals surface area contributed by atoms with Crippen molar-refractivity contribution < 1.29 is 19.1 Å². The van der Waals surface area contributed by atoms with Gasteiger partial charge in [-0.3, -0.25) is 0 Å². The van der Waals surface area contributed by atoms with Gasteiger partial charge in [0.25, 0.3) is 0 Å². The zero-order valence-corrected chi connectivity index (χ0v) is 7.29. The monoisotopic (exact) mass is 173 g/mol. The Kier molecular flexibility index (Phi) is 4.67. The zero-order valence-electron chi connectivity index (χ0n) is 7.29. The van der Waals surface area contributed by atoms with Crippen LogP contribution >= 0.6 is 0 Å². The summed E-state index contributed by atoms with van der Waals surface area (Å²) in [5.41, 5.74) is -0.0176. The molecule has 5 heteroatoms. The van der Waals surface area contributed by atoms with Crippen molar-refractivity contribution in [1.82, 2.24) is 0 Å². The molecule has 12 heavy (non-hydrogen) atoms. The fraction of sp³-hybridized carbons (Fsp3) is 0.571. The first-order valence-corrected chi connectivity index (χ1v) is 3.42. The molecule has 0 N–H and O–H groups in total. The number of nitrogens with zero attached hydrogens (tertiary/aromatic N) is 1. The Labute approximate surface area is 70.4 Å². The van der Waals surface area contributed by atoms with Gasteiger partial charge in [0.1, 0.15) is 5.71 Å². The Bertz CT molecular complexity index is 209. The van der Waals surface area contributed by atoms with Crippen molar-refractivity contribution in [2.45, 2.75) is 13.8 Å². The van der Waals surface area contributed by atoms with E-state index < -0.39 is 12.1 Å². The minimum Gasteiger partial charge on any atom is -0.465 e. The van der Waals surface area contributed by atoms with Crippen molar-refractivity contribution in [2.75, 3.05) is 13.7 Å². The third-order valence-electron chi connectivity index (χ3n) is 1.01. The van der Waals surface area contributed by atoms with Crippen LogP contribution in [0.2, 0.25) is 0 Å². The Morgan fingerprint density at radius 2 is 2.00 bits per heavy atom. The van der Waals surface area contributed by atoms with Gasteiger partial charge in [-0.2, -0.15) is 4.99 Å². The van der Waals surface area contributed by atoms with E-state index in [0.717, 1.165) is 0 Å². The second kappa shape index (κ2) is 5.29. The number of rotatable bonds is 2. The number of amides is 1. The first-order valence-electron chi connectivity index (χ1n) is 3.42. The number of carbonyl (C=O) groups excluding carboxylic acids is 2. The first kappa shape index (κ1) is 10.6. The predicted molar refractivity (Wildman–Crippen MR) is 42.1 cm³/mol. The Morgan fingerprint density at radius 3 is 2.42 bits per heavy atom. The average molecular weight is 173 g/mol. The van der Waals surface area contributed by atoms with E-state index in [2.05, 4.69) is 14.5 Å². The molecule has 0 rings (SSSR count). The quantitative estimate of drug-likeness (QED) is 0.457. The number of ether oxygens (including phenoxy) is 2. The highest BCUT2D eigenvalue weighted by molar-refractivity contribution is 6.36. The van der Waals surface area contributed by atoms with Crippen molar-refractivity contribution in [3.05, 3.63) is 0 Å². The van der Waals surface area contributed by atoms with Crippen LogP contribution in [0.1, 0.15) is 13.8 Å². The summed E-state index contributed by atoms with van der Waals surface area (Å²) in [6.07, 6.45) is -0.777. The lowest BCUT2D eigenvalue weighted by molar-refractivity contribution is -0.132. The van der Waals surface area contributed by atoms with Crippen LogP contribution in [0.5, 0.6) is 0 Å². The molecular weight excluding hydrogens is 162 g/mol. The zero-order chi connectivity index (χ0) is 9.56. The average Bonchev–Trinajstić information content (AvgIpc) is 2.03. The molecule has 0 unspecified atom stereocenters. The fourth-order valence-corrected chi connectivity index (χ4v) is 0.486. The smallest absolute Gasteiger partial charge is 0.434 e. The van der Waals surface area contributed by atoms with Crippen LogP contribution in [-0.4, -0.2) is 31.5 Å². The van der Waals surface area contributed by atoms with Crippen LogP contribution in [0.4, 0.5) is 4.79 Å². The summed E-state index contributed by atoms with van der Waals surface area (Å²) < 4.78 is 8.79. The molecule has 0 aromatic heterocycles. The SMILES string of the molecule is CCOC(=O)N=C(C)C(=O)OC. The maximum Gasteiger partial charge on any atom is 0.434 e. The van der Waals surface area contributed by atoms with E-state index >= 15 is 0 Å². The summed E-state index contributed by atoms with van der Waals surface area (Å²) in [5, 5.41) is 0. The molecule has 0 aromatic rings. The molecule has 0 aliphatic carbocycles. The third kappa shape index (κ3) is 3.70. The molecule has 0 fully saturated rings. The van der Waals surface area contributed by atoms with E-state index in [1.165, 1.54) is 14.0 Å². The van der Waals surface area contributed by atoms with Crippen LogP contribution < -0.4 is 0 Å². The van der Waals surface area contributed by atoms with Crippen molar-refractivity contribution in [3.8, 4) is 0 Å². The third-order valence-corrected chi connectivity index (χ3v) is 1.01. The maximum absolute atomic E-state index is 10.7. The summed E-state index contributed by atoms with van der Waals surface area (Å²) in [4.78, 5) is 24.7. The number of aliphatic imine (C=N–C) groups is 1. The predicted octanol–water partition coefficient (Wildman–Crippen LogP) is 0.777. The lowest BCUT2D eigenvalue weighted by Crippen LogP contribution is -2.14. The topological polar surface area (TPSA) is 65.0 Å². The molecule has 0 atom stereocenters. The van der Waals surface area contributed by atoms with Gasteiger partial charge in [0.2, 0.25) is 0 Å². The first-order chi connectivity index (χ1) is 5.61. The van der Waals surface area contributed by atoms with Gasteiger partial charge in [0, 0.05) is 0 Å². The highest BCUT2D eigenvalue weighted by atomic mass is 16.5. The van der Waals surface area contributed by atoms with Crippen LogP contribution in [0.25, 0.3) is 0 Å². The summed E-state index contributed by atoms with van der Waals surface area (Å²) in [7, 11) is 1.21. The van der Waals surface area contributed by atoms with Gasteiger partial charge in [0.05, 0.1) is 13.7 Å². The van der Waals surface area contributed by atoms with Gasteiger partial charge in [-0.05, 0) is 13.8 Å². The minimum absolute atomic E-state index is 0.0176. The molecule has 0 radical (unpaired) electrons. The Morgan fingerprint density at radius 1 is 1.42 bits per heavy atom. The van der Waals surface area contributed by atoms with E-state index in [9.17, 15) is 9.59 Å². The van der Waals surface area contributed by atoms with Crippen molar-refractivity contribution in [1.29, 1.82) is 0 Å². The van der Waals surface area contributed by atoms with E-state index in [-0.39, 0.29) is 12.3 Å². The fourth-order valence-electron chi connectivity index (χ4n) is 0.486. The molecule has 0 bridgehead atoms. The van der Waals surface area contributed by atoms with E-state index in [1.54, 1.807) is 6.92 Å². The standard InChI is InChI=1S/C7H11NO4/c1-4-12-7(10)8-5(2)6(9)11-3/h4H2,1-3H3. The molecule has 0 aliphatic heterocycles. The second-order valence-electron chi connectivity index (χ2n) is 1.89. The molecule has 1 amide bonds. The normalized spacial score (nSPS) is 10.8. The van der Waals surface area contributed by atoms with Crippen LogP contribution in [0.15, 0.2) is 4.99 Å². The largest absolute Gasteiger partial charge is 0.465 e. The summed E-state index contributed by atoms with van der Waals surface area (Å²) in [6.45, 7) is 3.26. The molecule has 0 saturated carbocycles. The molecule has 68 valence electrons. The number of carbonyl (C=O) groups is 2. The van der Waals surface area contributed by atoms with Gasteiger partial charge < -0.3 is 9.47 Å². The number of hydrogen-bond donors (Lipinski definition) is 0. The second-order valence-corrected chi connectivity index (χ2v) is 1.89. The molecule has 5 nitrogen and oxygen atoms in total. The van der Waals surface area contributed by atoms with Crippen molar-refractivity contribution in [3.63, 3.8) is 0 Å². The minimum atomic E-state index is -0.777. The Hall–Kier alpha value is -1.39. The van der Waals surface area contributed by atoms with Crippen LogP contribution in [0, 0.1) is 0 Å². The highest BCUT2D eigenvalue weighted by Crippen LogP contribution is 1.87. The number of esters is 1. The van der Waals surface area contributed by atoms with E-state index in [4.69, 9.17) is 0 Å². The van der Waals surface area contributed by atoms with Gasteiger partial charge >= 0.3 is 12.1 Å². The van der Waals surface area contributed by atoms with Gasteiger partial charge in [0.15, 0.2) is 0 Å². The molecule has 0 spiro atoms. The van der Waals surface area contributed by atoms with Crippen molar-refractivity contribution in [2.24, 2.45) is 4.99 Å². The van der Waals surface area contributed by atoms with Gasteiger partial charge in [-0.15, -0.1) is 0 Å². The number of methoxy groups -OCH3 is 1. The van der Waals surface area contributed by atoms with E-state index in [1.807, 2.05) is 0 Å². The maximum atomic E-state index is 10.7. The molecule has 0 aromatic carbocycles. The lowest BCUT2D eigenvalue weighted by Gasteiger charge is -1.97. The molecule has 0 aliphatic rings. The molecular formula is C7H11NO4. The summed E-state index contributed by atoms with van der Waals surface area (Å²) in [6, 6.07) is 0. The molecule has 0 heterocycles. The highest BCUT2D eigenvalue weighted by Gasteiger charge is 2.07. The van der Waals surface area contributed by atoms with Crippen molar-refractivity contribution >= 4 is 17.8 Å². The van der Waals surface area contributed by atoms with Crippen LogP contribution in [0.3, 0.4) is 0 Å². The lowest BCUT2D eigenvalue weighted by atomic mass is 10.4. The van der Waals surface area contributed by atoms with Gasteiger partial charge in [-0.1, -0.05) is 0 Å². The molecule has 0 saturated heterocycles. The summed E-state index contributed by atoms with van der Waals surface area (Å²) in [5.74, 6) is -0.636. The Balaban J connectivity index is 4.15. The van der Waals surface area contributed by atoms with E-state index in [0.29, 0.717) is 0 Å². The van der Waals surface area contributed by atoms with Crippen LogP contribution in [-0.2, 0) is 14.3 Å². The summed E-state index contributed by atoms with van der Waals surface area (Å²) >= 11 is 0.